The Morgan fingerprint density at radius 3 is 2.10 bits per heavy atom. The van der Waals surface area contributed by atoms with Gasteiger partial charge in [-0.1, -0.05) is 19.9 Å². The molecule has 0 radical (unpaired) electrons. The first-order valence-electron chi connectivity index (χ1n) is 13.1. The van der Waals surface area contributed by atoms with Crippen molar-refractivity contribution < 1.29 is 33.4 Å². The van der Waals surface area contributed by atoms with Crippen LogP contribution in [0.25, 0.3) is 0 Å². The lowest BCUT2D eigenvalue weighted by molar-refractivity contribution is -0.123. The molecule has 2 aliphatic carbocycles. The normalized spacial score (nSPS) is 26.7. The van der Waals surface area contributed by atoms with Crippen molar-refractivity contribution in [3.05, 3.63) is 59.7 Å². The molecule has 3 amide bonds. The zero-order valence-electron chi connectivity index (χ0n) is 21.8. The number of esters is 2. The number of ether oxygens (including phenoxy) is 2. The van der Waals surface area contributed by atoms with Crippen molar-refractivity contribution in [2.24, 2.45) is 29.6 Å². The van der Waals surface area contributed by atoms with E-state index in [0.717, 1.165) is 4.90 Å². The highest BCUT2D eigenvalue weighted by atomic mass is 35.5. The first kappa shape index (κ1) is 28.1. The van der Waals surface area contributed by atoms with E-state index in [0.29, 0.717) is 24.3 Å². The topological polar surface area (TPSA) is 119 Å². The number of carbonyl (C=O) groups is 5. The van der Waals surface area contributed by atoms with Crippen LogP contribution in [0.3, 0.4) is 0 Å². The van der Waals surface area contributed by atoms with E-state index in [1.165, 1.54) is 30.3 Å². The molecule has 1 N–H and O–H groups in total. The number of hydrogen-bond acceptors (Lipinski definition) is 7. The molecular weight excluding hydrogens is 559 g/mol. The number of amides is 3. The van der Waals surface area contributed by atoms with Crippen LogP contribution in [0.4, 0.5) is 11.4 Å². The maximum absolute atomic E-state index is 13.2. The average Bonchev–Trinajstić information content (AvgIpc) is 3.55. The van der Waals surface area contributed by atoms with Crippen LogP contribution in [0.15, 0.2) is 48.5 Å². The fraction of sp³-hybridized carbons (Fsp3) is 0.414. The molecule has 5 rings (SSSR count). The molecule has 0 aromatic heterocycles. The van der Waals surface area contributed by atoms with Crippen LogP contribution < -0.4 is 10.2 Å². The summed E-state index contributed by atoms with van der Waals surface area (Å²) in [5.74, 6) is -3.59. The molecule has 2 aromatic rings. The van der Waals surface area contributed by atoms with Crippen LogP contribution in [0.1, 0.15) is 41.0 Å². The third-order valence-electron chi connectivity index (χ3n) is 7.61. The lowest BCUT2D eigenvalue weighted by Gasteiger charge is -2.28. The van der Waals surface area contributed by atoms with E-state index in [1.54, 1.807) is 18.2 Å². The monoisotopic (exact) mass is 586 g/mol. The second-order valence-corrected chi connectivity index (χ2v) is 11.8. The molecule has 9 nitrogen and oxygen atoms in total. The highest BCUT2D eigenvalue weighted by molar-refractivity contribution is 6.32. The van der Waals surface area contributed by atoms with Gasteiger partial charge in [0.05, 0.1) is 46.0 Å². The fourth-order valence-electron chi connectivity index (χ4n) is 5.80. The molecule has 2 saturated carbocycles. The Bertz CT molecular complexity index is 1330. The van der Waals surface area contributed by atoms with Crippen LogP contribution in [0, 0.1) is 29.6 Å². The molecule has 3 aliphatic rings. The number of benzene rings is 2. The predicted octanol–water partition coefficient (Wildman–Crippen LogP) is 4.27. The summed E-state index contributed by atoms with van der Waals surface area (Å²) >= 11 is 12.8. The highest BCUT2D eigenvalue weighted by Gasteiger charge is 2.67. The first-order chi connectivity index (χ1) is 19.1. The number of nitrogens with one attached hydrogen (secondary N) is 1. The number of hydrogen-bond donors (Lipinski definition) is 1. The minimum Gasteiger partial charge on any atom is -0.462 e. The van der Waals surface area contributed by atoms with Gasteiger partial charge in [0.25, 0.3) is 5.91 Å². The van der Waals surface area contributed by atoms with Crippen molar-refractivity contribution in [1.82, 2.24) is 0 Å². The van der Waals surface area contributed by atoms with Crippen LogP contribution >= 0.6 is 23.2 Å². The van der Waals surface area contributed by atoms with E-state index in [2.05, 4.69) is 5.32 Å². The number of alkyl halides is 2. The number of carbonyl (C=O) groups excluding carboxylic acids is 5. The van der Waals surface area contributed by atoms with Crippen LogP contribution in [0.5, 0.6) is 0 Å². The summed E-state index contributed by atoms with van der Waals surface area (Å²) < 4.78 is 10.3. The molecule has 0 spiro atoms. The fourth-order valence-corrected chi connectivity index (χ4v) is 6.69. The molecule has 0 unspecified atom stereocenters. The van der Waals surface area contributed by atoms with Gasteiger partial charge in [-0.05, 0) is 66.6 Å². The maximum atomic E-state index is 13.2. The van der Waals surface area contributed by atoms with E-state index >= 15 is 0 Å². The van der Waals surface area contributed by atoms with E-state index in [4.69, 9.17) is 32.7 Å². The first-order valence-corrected chi connectivity index (χ1v) is 13.9. The Kier molecular flexibility index (Phi) is 7.88. The number of rotatable bonds is 8. The number of halogens is 2. The van der Waals surface area contributed by atoms with Crippen molar-refractivity contribution in [2.45, 2.75) is 31.0 Å². The summed E-state index contributed by atoms with van der Waals surface area (Å²) in [7, 11) is 0. The molecule has 2 aromatic carbocycles. The molecule has 1 saturated heterocycles. The van der Waals surface area contributed by atoms with Crippen molar-refractivity contribution >= 4 is 64.2 Å². The van der Waals surface area contributed by atoms with Gasteiger partial charge in [0.15, 0.2) is 6.61 Å². The van der Waals surface area contributed by atoms with E-state index in [-0.39, 0.29) is 51.6 Å². The Morgan fingerprint density at radius 2 is 1.50 bits per heavy atom. The van der Waals surface area contributed by atoms with Gasteiger partial charge in [-0.25, -0.2) is 9.59 Å². The Balaban J connectivity index is 1.17. The number of imide groups is 1. The Hall–Kier alpha value is -3.43. The number of fused-ring (bicyclic) bond motifs is 5. The third kappa shape index (κ3) is 5.20. The van der Waals surface area contributed by atoms with Crippen molar-refractivity contribution in [1.29, 1.82) is 0 Å². The second kappa shape index (κ2) is 11.2. The van der Waals surface area contributed by atoms with Crippen molar-refractivity contribution in [3.63, 3.8) is 0 Å². The Morgan fingerprint density at radius 1 is 0.900 bits per heavy atom. The molecule has 11 heteroatoms. The van der Waals surface area contributed by atoms with Gasteiger partial charge in [-0.3, -0.25) is 19.3 Å². The van der Waals surface area contributed by atoms with Gasteiger partial charge in [0.1, 0.15) is 0 Å². The van der Waals surface area contributed by atoms with Gasteiger partial charge in [-0.15, -0.1) is 23.2 Å². The van der Waals surface area contributed by atoms with Crippen LogP contribution in [0.2, 0.25) is 0 Å². The van der Waals surface area contributed by atoms with Gasteiger partial charge < -0.3 is 14.8 Å². The maximum Gasteiger partial charge on any atom is 0.338 e. The summed E-state index contributed by atoms with van der Waals surface area (Å²) in [6.45, 7) is 3.61. The van der Waals surface area contributed by atoms with Gasteiger partial charge >= 0.3 is 11.9 Å². The highest BCUT2D eigenvalue weighted by Crippen LogP contribution is 2.59. The van der Waals surface area contributed by atoms with Gasteiger partial charge in [0, 0.05) is 5.69 Å². The Labute approximate surface area is 241 Å². The number of anilines is 2. The van der Waals surface area contributed by atoms with E-state index in [1.807, 2.05) is 13.8 Å². The quantitative estimate of drug-likeness (QED) is 0.279. The van der Waals surface area contributed by atoms with Gasteiger partial charge in [-0.2, -0.15) is 0 Å². The molecular formula is C29H28Cl2N2O7. The van der Waals surface area contributed by atoms with Gasteiger partial charge in [0.2, 0.25) is 11.8 Å². The molecule has 1 aliphatic heterocycles. The van der Waals surface area contributed by atoms with Crippen molar-refractivity contribution in [2.75, 3.05) is 23.4 Å². The second-order valence-electron chi connectivity index (χ2n) is 10.8. The molecule has 40 heavy (non-hydrogen) atoms. The SMILES string of the molecule is CC(C)COC(=O)c1ccc(NC(=O)COC(=O)c2cccc(N3C(=O)[C@@H]4[C@H]5C[C@@H]([C@H](Cl)[C@H]5Cl)[C@@H]4C3=O)c2)cc1. The third-order valence-corrected chi connectivity index (χ3v) is 8.93. The van der Waals surface area contributed by atoms with E-state index < -0.39 is 36.3 Å². The van der Waals surface area contributed by atoms with Crippen molar-refractivity contribution in [3.8, 4) is 0 Å². The summed E-state index contributed by atoms with van der Waals surface area (Å²) in [6.07, 6.45) is 0.659. The smallest absolute Gasteiger partial charge is 0.338 e. The van der Waals surface area contributed by atoms with Crippen LogP contribution in [-0.2, 0) is 23.9 Å². The lowest BCUT2D eigenvalue weighted by Crippen LogP contribution is -2.37. The summed E-state index contributed by atoms with van der Waals surface area (Å²) in [5, 5.41) is 1.87. The molecule has 1 heterocycles. The predicted molar refractivity (Wildman–Crippen MR) is 147 cm³/mol. The standard InChI is InChI=1S/C29H28Cl2N2O7/c1-14(2)12-39-28(37)15-6-8-17(9-7-15)32-21(34)13-40-29(38)16-4-3-5-18(10-16)33-26(35)22-19-11-20(23(22)27(33)36)25(31)24(19)30/h3-10,14,19-20,22-25H,11-13H2,1-2H3,(H,32,34)/t19-,20-,22-,23+,24+,25+/m1/s1. The zero-order chi connectivity index (χ0) is 28.7. The van der Waals surface area contributed by atoms with E-state index in [9.17, 15) is 24.0 Å². The largest absolute Gasteiger partial charge is 0.462 e. The summed E-state index contributed by atoms with van der Waals surface area (Å²) in [6, 6.07) is 12.1. The summed E-state index contributed by atoms with van der Waals surface area (Å²) in [4.78, 5) is 64.6. The average molecular weight is 587 g/mol. The lowest BCUT2D eigenvalue weighted by atomic mass is 9.80. The molecule has 2 bridgehead atoms. The minimum absolute atomic E-state index is 0.0839. The zero-order valence-corrected chi connectivity index (χ0v) is 23.4. The molecule has 6 atom stereocenters. The van der Waals surface area contributed by atoms with Crippen LogP contribution in [-0.4, -0.2) is 53.6 Å². The number of nitrogens with zero attached hydrogens (tertiary/aromatic N) is 1. The minimum atomic E-state index is -0.791. The molecule has 210 valence electrons. The summed E-state index contributed by atoms with van der Waals surface area (Å²) in [5.41, 5.74) is 1.10. The molecule has 3 fully saturated rings.